The van der Waals surface area contributed by atoms with Crippen LogP contribution in [-0.4, -0.2) is 23.5 Å². The molecule has 0 aromatic rings. The Kier molecular flexibility index (Phi) is 4.68. The van der Waals surface area contributed by atoms with Gasteiger partial charge in [-0.15, -0.1) is 0 Å². The van der Waals surface area contributed by atoms with Gasteiger partial charge in [-0.25, -0.2) is 0 Å². The maximum absolute atomic E-state index is 4.79. The van der Waals surface area contributed by atoms with E-state index in [0.29, 0.717) is 5.92 Å². The van der Waals surface area contributed by atoms with Crippen LogP contribution >= 0.6 is 12.2 Å². The standard InChI is InChI=1S/C7H15NS/c1-4-8(6-9)5-7(2)3/h6-7H,4-5H2,1-3H3. The van der Waals surface area contributed by atoms with E-state index in [1.807, 2.05) is 0 Å². The van der Waals surface area contributed by atoms with Crippen molar-refractivity contribution in [3.8, 4) is 0 Å². The number of hydrogen-bond donors (Lipinski definition) is 0. The minimum absolute atomic E-state index is 0.712. The van der Waals surface area contributed by atoms with Gasteiger partial charge in [0.25, 0.3) is 0 Å². The predicted octanol–water partition coefficient (Wildman–Crippen LogP) is 1.92. The Morgan fingerprint density at radius 2 is 2.11 bits per heavy atom. The van der Waals surface area contributed by atoms with E-state index in [2.05, 4.69) is 25.7 Å². The average Bonchev–Trinajstić information content (AvgIpc) is 1.82. The fourth-order valence-corrected chi connectivity index (χ4v) is 0.951. The molecule has 0 aliphatic rings. The van der Waals surface area contributed by atoms with Crippen LogP contribution in [0.1, 0.15) is 20.8 Å². The summed E-state index contributed by atoms with van der Waals surface area (Å²) in [5.41, 5.74) is 1.74. The van der Waals surface area contributed by atoms with Gasteiger partial charge in [-0.1, -0.05) is 26.1 Å². The van der Waals surface area contributed by atoms with Crippen LogP contribution in [0, 0.1) is 5.92 Å². The van der Waals surface area contributed by atoms with E-state index < -0.39 is 0 Å². The van der Waals surface area contributed by atoms with E-state index >= 15 is 0 Å². The van der Waals surface area contributed by atoms with Gasteiger partial charge in [-0.05, 0) is 12.8 Å². The van der Waals surface area contributed by atoms with Gasteiger partial charge < -0.3 is 4.90 Å². The molecule has 0 aliphatic heterocycles. The Morgan fingerprint density at radius 1 is 1.56 bits per heavy atom. The molecule has 0 N–H and O–H groups in total. The quantitative estimate of drug-likeness (QED) is 0.556. The van der Waals surface area contributed by atoms with Gasteiger partial charge in [0.15, 0.2) is 0 Å². The van der Waals surface area contributed by atoms with Crippen molar-refractivity contribution in [2.75, 3.05) is 13.1 Å². The third kappa shape index (κ3) is 4.40. The normalized spacial score (nSPS) is 9.78. The second kappa shape index (κ2) is 4.74. The van der Waals surface area contributed by atoms with Crippen molar-refractivity contribution in [3.05, 3.63) is 0 Å². The number of nitrogens with zero attached hydrogens (tertiary/aromatic N) is 1. The topological polar surface area (TPSA) is 3.24 Å². The Hall–Kier alpha value is -0.110. The maximum atomic E-state index is 4.79. The van der Waals surface area contributed by atoms with Crippen molar-refractivity contribution in [2.45, 2.75) is 20.8 Å². The molecule has 0 rings (SSSR count). The van der Waals surface area contributed by atoms with Crippen LogP contribution in [0.25, 0.3) is 0 Å². The first-order chi connectivity index (χ1) is 4.20. The lowest BCUT2D eigenvalue weighted by molar-refractivity contribution is 0.395. The molecule has 0 heterocycles. The van der Waals surface area contributed by atoms with Crippen LogP contribution in [-0.2, 0) is 0 Å². The zero-order valence-electron chi connectivity index (χ0n) is 6.42. The van der Waals surface area contributed by atoms with Crippen LogP contribution in [0.3, 0.4) is 0 Å². The molecule has 0 bridgehead atoms. The highest BCUT2D eigenvalue weighted by Crippen LogP contribution is 1.94. The number of thiocarbonyl (C=S) groups is 1. The van der Waals surface area contributed by atoms with E-state index in [9.17, 15) is 0 Å². The minimum atomic E-state index is 0.712. The van der Waals surface area contributed by atoms with Crippen molar-refractivity contribution >= 4 is 17.7 Å². The van der Waals surface area contributed by atoms with Crippen molar-refractivity contribution in [2.24, 2.45) is 5.92 Å². The summed E-state index contributed by atoms with van der Waals surface area (Å²) in [4.78, 5) is 2.14. The van der Waals surface area contributed by atoms with Gasteiger partial charge >= 0.3 is 0 Å². The van der Waals surface area contributed by atoms with Crippen LogP contribution in [0.15, 0.2) is 0 Å². The molecule has 0 atom stereocenters. The van der Waals surface area contributed by atoms with Crippen molar-refractivity contribution in [1.82, 2.24) is 4.90 Å². The summed E-state index contributed by atoms with van der Waals surface area (Å²) in [5.74, 6) is 0.712. The van der Waals surface area contributed by atoms with Crippen LogP contribution in [0.5, 0.6) is 0 Å². The molecule has 9 heavy (non-hydrogen) atoms. The molecule has 0 aromatic heterocycles. The molecular formula is C7H15NS. The van der Waals surface area contributed by atoms with Crippen LogP contribution < -0.4 is 0 Å². The molecule has 0 saturated carbocycles. The van der Waals surface area contributed by atoms with Crippen molar-refractivity contribution < 1.29 is 0 Å². The first kappa shape index (κ1) is 8.89. The van der Waals surface area contributed by atoms with Crippen LogP contribution in [0.2, 0.25) is 0 Å². The zero-order valence-corrected chi connectivity index (χ0v) is 7.24. The number of hydrogen-bond acceptors (Lipinski definition) is 1. The third-order valence-electron chi connectivity index (χ3n) is 1.15. The number of rotatable bonds is 4. The lowest BCUT2D eigenvalue weighted by Crippen LogP contribution is -2.24. The molecule has 0 spiro atoms. The lowest BCUT2D eigenvalue weighted by Gasteiger charge is -2.18. The second-order valence-electron chi connectivity index (χ2n) is 2.59. The fraction of sp³-hybridized carbons (Fsp3) is 0.857. The zero-order chi connectivity index (χ0) is 7.28. The first-order valence-electron chi connectivity index (χ1n) is 3.40. The highest BCUT2D eigenvalue weighted by atomic mass is 32.1. The summed E-state index contributed by atoms with van der Waals surface area (Å²) in [6.45, 7) is 8.62. The second-order valence-corrected chi connectivity index (χ2v) is 2.80. The Bertz CT molecular complexity index is 81.0. The molecule has 0 unspecified atom stereocenters. The Morgan fingerprint density at radius 3 is 2.22 bits per heavy atom. The smallest absolute Gasteiger partial charge is 0.0640 e. The molecule has 2 heteroatoms. The molecular weight excluding hydrogens is 130 g/mol. The Balaban J connectivity index is 3.42. The molecule has 0 radical (unpaired) electrons. The monoisotopic (exact) mass is 145 g/mol. The first-order valence-corrected chi connectivity index (χ1v) is 3.87. The van der Waals surface area contributed by atoms with Crippen molar-refractivity contribution in [1.29, 1.82) is 0 Å². The summed E-state index contributed by atoms with van der Waals surface area (Å²) >= 11 is 4.79. The van der Waals surface area contributed by atoms with Crippen molar-refractivity contribution in [3.63, 3.8) is 0 Å². The molecule has 0 fully saturated rings. The van der Waals surface area contributed by atoms with E-state index in [1.54, 1.807) is 5.49 Å². The molecule has 0 saturated heterocycles. The summed E-state index contributed by atoms with van der Waals surface area (Å²) in [6.07, 6.45) is 0. The minimum Gasteiger partial charge on any atom is -0.369 e. The van der Waals surface area contributed by atoms with E-state index in [4.69, 9.17) is 12.2 Å². The third-order valence-corrected chi connectivity index (χ3v) is 1.45. The molecule has 0 aromatic carbocycles. The van der Waals surface area contributed by atoms with Gasteiger partial charge in [-0.2, -0.15) is 0 Å². The summed E-state index contributed by atoms with van der Waals surface area (Å²) < 4.78 is 0. The van der Waals surface area contributed by atoms with Gasteiger partial charge in [0.05, 0.1) is 5.49 Å². The molecule has 54 valence electrons. The van der Waals surface area contributed by atoms with Gasteiger partial charge in [0.2, 0.25) is 0 Å². The molecule has 1 nitrogen and oxygen atoms in total. The lowest BCUT2D eigenvalue weighted by atomic mass is 10.2. The largest absolute Gasteiger partial charge is 0.369 e. The average molecular weight is 145 g/mol. The molecule has 0 aliphatic carbocycles. The fourth-order valence-electron chi connectivity index (χ4n) is 0.716. The van der Waals surface area contributed by atoms with Gasteiger partial charge in [0, 0.05) is 13.1 Å². The molecule has 0 amide bonds. The van der Waals surface area contributed by atoms with Gasteiger partial charge in [-0.3, -0.25) is 0 Å². The van der Waals surface area contributed by atoms with E-state index in [-0.39, 0.29) is 0 Å². The highest BCUT2D eigenvalue weighted by Gasteiger charge is 1.97. The van der Waals surface area contributed by atoms with E-state index in [0.717, 1.165) is 13.1 Å². The highest BCUT2D eigenvalue weighted by molar-refractivity contribution is 7.78. The SMILES string of the molecule is CCN(C=S)CC(C)C. The van der Waals surface area contributed by atoms with Gasteiger partial charge in [0.1, 0.15) is 0 Å². The summed E-state index contributed by atoms with van der Waals surface area (Å²) in [5, 5.41) is 0. The summed E-state index contributed by atoms with van der Waals surface area (Å²) in [6, 6.07) is 0. The van der Waals surface area contributed by atoms with Crippen LogP contribution in [0.4, 0.5) is 0 Å². The van der Waals surface area contributed by atoms with E-state index in [1.165, 1.54) is 0 Å². The predicted molar refractivity (Wildman–Crippen MR) is 45.7 cm³/mol. The summed E-state index contributed by atoms with van der Waals surface area (Å²) in [7, 11) is 0. The Labute approximate surface area is 63.0 Å². The maximum Gasteiger partial charge on any atom is 0.0640 e.